The van der Waals surface area contributed by atoms with Crippen LogP contribution in [0.1, 0.15) is 46.4 Å². The zero-order chi connectivity index (χ0) is 64.4. The molecule has 0 saturated carbocycles. The third-order valence-corrected chi connectivity index (χ3v) is 18.4. The second kappa shape index (κ2) is 26.4. The molecule has 0 spiro atoms. The fourth-order valence-electron chi connectivity index (χ4n) is 12.6. The van der Waals surface area contributed by atoms with Crippen LogP contribution in [-0.2, 0) is 19.2 Å². The van der Waals surface area contributed by atoms with Gasteiger partial charge >= 0.3 is 0 Å². The second-order valence-corrected chi connectivity index (χ2v) is 24.5. The van der Waals surface area contributed by atoms with Crippen LogP contribution < -0.4 is 68.5 Å². The van der Waals surface area contributed by atoms with E-state index in [1.807, 2.05) is 193 Å². The molecule has 0 radical (unpaired) electrons. The molecule has 4 atom stereocenters. The summed E-state index contributed by atoms with van der Waals surface area (Å²) in [6.45, 7) is 2.04. The first-order valence-corrected chi connectivity index (χ1v) is 32.0. The molecule has 0 saturated heterocycles. The molecule has 8 aliphatic heterocycles. The fraction of sp³-hybridized carbons (Fsp3) is 0.125. The van der Waals surface area contributed by atoms with Crippen LogP contribution >= 0.6 is 39.1 Å². The van der Waals surface area contributed by atoms with Crippen molar-refractivity contribution in [2.75, 3.05) is 75.8 Å². The number of rotatable bonds is 6. The summed E-state index contributed by atoms with van der Waals surface area (Å²) in [5.41, 5.74) is 19.0. The largest absolute Gasteiger partial charge is 0.496 e. The average Bonchev–Trinajstić information content (AvgIpc) is 1.97. The number of nitrogens with zero attached hydrogens (tertiary/aromatic N) is 2. The molecule has 17 rings (SSSR count). The highest BCUT2D eigenvalue weighted by atomic mass is 79.9. The summed E-state index contributed by atoms with van der Waals surface area (Å²) in [6, 6.07) is 61.9. The minimum atomic E-state index is -0.339. The molecule has 94 heavy (non-hydrogen) atoms. The van der Waals surface area contributed by atoms with Crippen LogP contribution in [0, 0.1) is 0 Å². The highest BCUT2D eigenvalue weighted by molar-refractivity contribution is 9.10. The lowest BCUT2D eigenvalue weighted by Gasteiger charge is -2.22. The molecule has 22 heteroatoms. The number of carbonyl (C=O) groups excluding carboxylic acids is 4. The van der Waals surface area contributed by atoms with Crippen molar-refractivity contribution in [3.63, 3.8) is 0 Å². The molecule has 0 bridgehead atoms. The number of carbonyl (C=O) groups is 4. The van der Waals surface area contributed by atoms with Gasteiger partial charge in [-0.3, -0.25) is 19.2 Å². The molecule has 1 aromatic heterocycles. The lowest BCUT2D eigenvalue weighted by atomic mass is 9.96. The Morgan fingerprint density at radius 1 is 0.426 bits per heavy atom. The summed E-state index contributed by atoms with van der Waals surface area (Å²) in [6.07, 6.45) is 3.66. The molecule has 8 aromatic carbocycles. The van der Waals surface area contributed by atoms with Gasteiger partial charge in [0.15, 0.2) is 0 Å². The summed E-state index contributed by atoms with van der Waals surface area (Å²) in [4.78, 5) is 49.6. The Bertz CT molecular complexity index is 4630. The van der Waals surface area contributed by atoms with Crippen LogP contribution in [0.25, 0.3) is 5.69 Å². The van der Waals surface area contributed by atoms with E-state index in [1.165, 1.54) is 0 Å². The molecule has 12 N–H and O–H groups in total. The number of aromatic nitrogens is 2. The van der Waals surface area contributed by atoms with Crippen LogP contribution in [0.4, 0.5) is 45.5 Å². The van der Waals surface area contributed by atoms with Crippen LogP contribution in [0.15, 0.2) is 256 Å². The number of nitrogens with one attached hydrogen (secondary N) is 12. The lowest BCUT2D eigenvalue weighted by molar-refractivity contribution is -0.117. The van der Waals surface area contributed by atoms with Gasteiger partial charge in [0.2, 0.25) is 0 Å². The number of para-hydroxylation sites is 9. The molecule has 8 aliphatic rings. The van der Waals surface area contributed by atoms with Crippen LogP contribution in [-0.4, -0.2) is 66.7 Å². The first kappa shape index (κ1) is 60.6. The number of halogens is 3. The van der Waals surface area contributed by atoms with Crippen molar-refractivity contribution in [1.82, 2.24) is 31.0 Å². The minimum absolute atomic E-state index is 0.0245. The van der Waals surface area contributed by atoms with Crippen molar-refractivity contribution in [2.45, 2.75) is 24.2 Å². The van der Waals surface area contributed by atoms with E-state index in [4.69, 9.17) is 27.9 Å². The summed E-state index contributed by atoms with van der Waals surface area (Å²) >= 11 is 16.0. The summed E-state index contributed by atoms with van der Waals surface area (Å²) in [5, 5.41) is 44.4. The Labute approximate surface area is 559 Å². The van der Waals surface area contributed by atoms with Crippen molar-refractivity contribution in [3.8, 4) is 11.4 Å². The second-order valence-electron chi connectivity index (χ2n) is 22.8. The van der Waals surface area contributed by atoms with Crippen LogP contribution in [0.2, 0.25) is 10.0 Å². The Balaban J connectivity index is 0.000000108. The van der Waals surface area contributed by atoms with E-state index in [-0.39, 0.29) is 47.8 Å². The number of amides is 4. The molecule has 19 nitrogen and oxygen atoms in total. The highest BCUT2D eigenvalue weighted by Crippen LogP contribution is 2.45. The quantitative estimate of drug-likeness (QED) is 0.0742. The Hall–Kier alpha value is -10.9. The van der Waals surface area contributed by atoms with Gasteiger partial charge in [0, 0.05) is 55.3 Å². The predicted molar refractivity (Wildman–Crippen MR) is 373 cm³/mol. The van der Waals surface area contributed by atoms with Gasteiger partial charge < -0.3 is 68.5 Å². The first-order chi connectivity index (χ1) is 45.9. The summed E-state index contributed by atoms with van der Waals surface area (Å²) < 4.78 is 8.29. The number of hydrogen-bond donors (Lipinski definition) is 12. The van der Waals surface area contributed by atoms with Gasteiger partial charge in [-0.15, -0.1) is 0 Å². The van der Waals surface area contributed by atoms with E-state index < -0.39 is 0 Å². The van der Waals surface area contributed by atoms with Crippen molar-refractivity contribution in [3.05, 3.63) is 288 Å². The molecular weight excluding hydrogens is 1290 g/mol. The first-order valence-electron chi connectivity index (χ1n) is 30.4. The minimum Gasteiger partial charge on any atom is -0.496 e. The van der Waals surface area contributed by atoms with E-state index in [2.05, 4.69) is 84.8 Å². The molecule has 9 aromatic rings. The molecule has 4 unspecified atom stereocenters. The normalized spacial score (nSPS) is 19.0. The number of methoxy groups -OCH3 is 1. The summed E-state index contributed by atoms with van der Waals surface area (Å²) in [7, 11) is 1.64. The van der Waals surface area contributed by atoms with Gasteiger partial charge in [0.25, 0.3) is 23.6 Å². The number of benzene rings is 8. The maximum atomic E-state index is 12.5. The number of fused-ring (bicyclic) bond motifs is 4. The molecule has 0 aliphatic carbocycles. The fourth-order valence-corrected chi connectivity index (χ4v) is 13.7. The molecular formula is C72H61BrCl2N14O5. The average molecular weight is 1350 g/mol. The maximum absolute atomic E-state index is 12.5. The van der Waals surface area contributed by atoms with Crippen molar-refractivity contribution >= 4 is 108 Å². The van der Waals surface area contributed by atoms with Crippen LogP contribution in [0.3, 0.4) is 0 Å². The number of anilines is 8. The predicted octanol–water partition coefficient (Wildman–Crippen LogP) is 12.9. The van der Waals surface area contributed by atoms with Gasteiger partial charge in [0.1, 0.15) is 5.75 Å². The summed E-state index contributed by atoms with van der Waals surface area (Å²) in [5.74, 6) is 0.556. The Kier molecular flexibility index (Phi) is 17.0. The van der Waals surface area contributed by atoms with Gasteiger partial charge in [-0.1, -0.05) is 142 Å². The van der Waals surface area contributed by atoms with Gasteiger partial charge in [0.05, 0.1) is 131 Å². The molecule has 4 amide bonds. The Morgan fingerprint density at radius 3 is 1.23 bits per heavy atom. The zero-order valence-corrected chi connectivity index (χ0v) is 53.4. The van der Waals surface area contributed by atoms with E-state index in [0.29, 0.717) is 47.4 Å². The van der Waals surface area contributed by atoms with Gasteiger partial charge in [-0.05, 0) is 108 Å². The van der Waals surface area contributed by atoms with Crippen molar-refractivity contribution in [2.24, 2.45) is 0 Å². The number of hydrogen-bond acceptors (Lipinski definition) is 14. The van der Waals surface area contributed by atoms with E-state index >= 15 is 0 Å². The monoisotopic (exact) mass is 1350 g/mol. The van der Waals surface area contributed by atoms with Gasteiger partial charge in [-0.2, -0.15) is 5.10 Å². The third kappa shape index (κ3) is 12.1. The van der Waals surface area contributed by atoms with E-state index in [1.54, 1.807) is 25.4 Å². The van der Waals surface area contributed by atoms with E-state index in [0.717, 1.165) is 118 Å². The molecule has 470 valence electrons. The lowest BCUT2D eigenvalue weighted by Crippen LogP contribution is -2.24. The standard InChI is InChI=1S/C20H17N5O.C18H17N3O2.C17H14BrN3O.C17H13Cl2N3O/c26-20-18-17(12-21-20)23-15-4-1-2-5-16(15)24-19(18)13-6-8-14(9-7-13)25-11-3-10-22-25;1-23-15-9-5-2-6-11(15)17-16-14(10-19-18(16)22)20-12-7-3-4-8-13(12)21-17;18-11-6-2-1-5-10(11)16-15-14(9-19-17(15)22)20-12-7-3-4-8-13(12)21-16;18-9-5-6-10(11(19)7-9)16-15-14(8-20-17(15)23)21-12-3-1-2-4-13(12)22-16/h1-11,19,23-24H,12H2,(H,21,26);2-9,17,20-21H,10H2,1H3,(H,19,22);1-8,16,20-21H,9H2,(H,19,22);1-7,16,21-22H,8H2,(H,20,23). The number of ether oxygens (including phenoxy) is 1. The van der Waals surface area contributed by atoms with Crippen molar-refractivity contribution in [1.29, 1.82) is 0 Å². The molecule has 0 fully saturated rings. The third-order valence-electron chi connectivity index (χ3n) is 17.1. The smallest absolute Gasteiger partial charge is 0.251 e. The maximum Gasteiger partial charge on any atom is 0.251 e. The topological polar surface area (TPSA) is 240 Å². The Morgan fingerprint density at radius 2 is 0.809 bits per heavy atom. The zero-order valence-electron chi connectivity index (χ0n) is 50.3. The highest BCUT2D eigenvalue weighted by Gasteiger charge is 2.39. The van der Waals surface area contributed by atoms with Crippen molar-refractivity contribution < 1.29 is 23.9 Å². The van der Waals surface area contributed by atoms with Gasteiger partial charge in [-0.25, -0.2) is 4.68 Å². The van der Waals surface area contributed by atoms with E-state index in [9.17, 15) is 19.2 Å². The SMILES string of the molecule is COc1ccccc1C1Nc2ccccc2NC2=C1C(=O)NC2.O=C1NCC2=C1C(c1ccc(-n3cccn3)cc1)Nc1ccccc1N2.O=C1NCC2=C1C(c1ccc(Cl)cc1Cl)Nc1ccccc1N2.O=C1NCC2=C1C(c1ccccc1Br)Nc1ccccc1N2. The molecule has 9 heterocycles. The van der Waals surface area contributed by atoms with Crippen LogP contribution in [0.5, 0.6) is 5.75 Å².